The summed E-state index contributed by atoms with van der Waals surface area (Å²) in [5, 5.41) is 13.3. The van der Waals surface area contributed by atoms with Gasteiger partial charge in [-0.1, -0.05) is 12.1 Å². The van der Waals surface area contributed by atoms with Crippen LogP contribution in [0.3, 0.4) is 0 Å². The lowest BCUT2D eigenvalue weighted by molar-refractivity contribution is -0.383. The summed E-state index contributed by atoms with van der Waals surface area (Å²) in [5.41, 5.74) is 2.43. The Morgan fingerprint density at radius 2 is 2.14 bits per heavy atom. The van der Waals surface area contributed by atoms with Crippen LogP contribution in [0.15, 0.2) is 24.3 Å². The molecule has 0 aliphatic carbocycles. The van der Waals surface area contributed by atoms with Crippen LogP contribution < -0.4 is 16.6 Å². The molecule has 0 bridgehead atoms. The maximum atomic E-state index is 10.6. The lowest BCUT2D eigenvalue weighted by Crippen LogP contribution is -2.34. The second-order valence-electron chi connectivity index (χ2n) is 2.37. The van der Waals surface area contributed by atoms with E-state index in [2.05, 4.69) is 10.7 Å². The fraction of sp³-hybridized carbons (Fsp3) is 0. The van der Waals surface area contributed by atoms with Gasteiger partial charge in [0.2, 0.25) is 0 Å². The number of nitro benzene ring substituents is 1. The summed E-state index contributed by atoms with van der Waals surface area (Å²) >= 11 is 4.71. The van der Waals surface area contributed by atoms with Crippen LogP contribution in [0.4, 0.5) is 11.4 Å². The van der Waals surface area contributed by atoms with E-state index in [0.717, 1.165) is 0 Å². The maximum absolute atomic E-state index is 10.6. The highest BCUT2D eigenvalue weighted by Crippen LogP contribution is 2.22. The molecule has 7 heteroatoms. The maximum Gasteiger partial charge on any atom is 0.292 e. The molecule has 1 aromatic carbocycles. The van der Waals surface area contributed by atoms with E-state index in [4.69, 9.17) is 18.1 Å². The van der Waals surface area contributed by atoms with Crippen molar-refractivity contribution < 1.29 is 4.92 Å². The van der Waals surface area contributed by atoms with Crippen LogP contribution in [0.1, 0.15) is 0 Å². The topological polar surface area (TPSA) is 93.2 Å². The largest absolute Gasteiger partial charge is 0.326 e. The van der Waals surface area contributed by atoms with Crippen LogP contribution in [-0.2, 0) is 0 Å². The number of para-hydroxylation sites is 2. The van der Waals surface area contributed by atoms with E-state index < -0.39 is 4.92 Å². The van der Waals surface area contributed by atoms with Gasteiger partial charge in [0.1, 0.15) is 5.69 Å². The van der Waals surface area contributed by atoms with Gasteiger partial charge in [0.15, 0.2) is 5.11 Å². The Morgan fingerprint density at radius 3 is 2.71 bits per heavy atom. The minimum absolute atomic E-state index is 0.0508. The fourth-order valence-corrected chi connectivity index (χ4v) is 1.01. The molecule has 0 amide bonds. The minimum atomic E-state index is -0.499. The van der Waals surface area contributed by atoms with Gasteiger partial charge in [-0.2, -0.15) is 0 Å². The Bertz CT molecular complexity index is 368. The molecule has 0 heterocycles. The van der Waals surface area contributed by atoms with E-state index in [1.165, 1.54) is 6.07 Å². The molecule has 0 aromatic heterocycles. The third kappa shape index (κ3) is 2.38. The fourth-order valence-electron chi connectivity index (χ4n) is 0.897. The average molecular weight is 212 g/mol. The average Bonchev–Trinajstić information content (AvgIpc) is 2.18. The Morgan fingerprint density at radius 1 is 1.50 bits per heavy atom. The first-order chi connectivity index (χ1) is 6.65. The summed E-state index contributed by atoms with van der Waals surface area (Å²) in [4.78, 5) is 10.1. The van der Waals surface area contributed by atoms with Crippen LogP contribution in [0.2, 0.25) is 0 Å². The molecular weight excluding hydrogens is 204 g/mol. The predicted molar refractivity (Wildman–Crippen MR) is 56.6 cm³/mol. The smallest absolute Gasteiger partial charge is 0.292 e. The number of thiocarbonyl (C=S) groups is 1. The Balaban J connectivity index is 2.95. The highest BCUT2D eigenvalue weighted by atomic mass is 32.1. The number of hydrogen-bond acceptors (Lipinski definition) is 4. The zero-order valence-corrected chi connectivity index (χ0v) is 7.88. The van der Waals surface area contributed by atoms with E-state index in [0.29, 0.717) is 5.69 Å². The first kappa shape index (κ1) is 10.4. The summed E-state index contributed by atoms with van der Waals surface area (Å²) in [6.07, 6.45) is 0. The molecule has 74 valence electrons. The van der Waals surface area contributed by atoms with Crippen molar-refractivity contribution in [2.24, 2.45) is 5.84 Å². The van der Waals surface area contributed by atoms with Crippen molar-refractivity contribution in [3.8, 4) is 0 Å². The van der Waals surface area contributed by atoms with Gasteiger partial charge in [-0.15, -0.1) is 0 Å². The number of nitro groups is 1. The van der Waals surface area contributed by atoms with Gasteiger partial charge in [0, 0.05) is 6.07 Å². The molecule has 0 unspecified atom stereocenters. The lowest BCUT2D eigenvalue weighted by Gasteiger charge is -2.06. The monoisotopic (exact) mass is 212 g/mol. The molecular formula is C7H8N4O2S. The van der Waals surface area contributed by atoms with Gasteiger partial charge in [-0.25, -0.2) is 5.84 Å². The summed E-state index contributed by atoms with van der Waals surface area (Å²) in [6.45, 7) is 0. The highest BCUT2D eigenvalue weighted by molar-refractivity contribution is 7.80. The Kier molecular flexibility index (Phi) is 3.32. The van der Waals surface area contributed by atoms with E-state index in [1.54, 1.807) is 18.2 Å². The normalized spacial score (nSPS) is 9.21. The summed E-state index contributed by atoms with van der Waals surface area (Å²) in [6, 6.07) is 6.15. The highest BCUT2D eigenvalue weighted by Gasteiger charge is 2.12. The second-order valence-corrected chi connectivity index (χ2v) is 2.78. The van der Waals surface area contributed by atoms with Crippen LogP contribution in [0.5, 0.6) is 0 Å². The van der Waals surface area contributed by atoms with Crippen molar-refractivity contribution in [1.82, 2.24) is 5.43 Å². The number of rotatable bonds is 2. The van der Waals surface area contributed by atoms with Crippen molar-refractivity contribution in [2.75, 3.05) is 5.32 Å². The number of hydrazine groups is 1. The number of hydrogen-bond donors (Lipinski definition) is 3. The third-order valence-corrected chi connectivity index (χ3v) is 1.70. The first-order valence-electron chi connectivity index (χ1n) is 3.66. The number of benzene rings is 1. The van der Waals surface area contributed by atoms with Crippen molar-refractivity contribution in [3.63, 3.8) is 0 Å². The van der Waals surface area contributed by atoms with Crippen LogP contribution in [0.25, 0.3) is 0 Å². The van der Waals surface area contributed by atoms with Crippen molar-refractivity contribution >= 4 is 28.7 Å². The Hall–Kier alpha value is -1.73. The Labute approximate surface area is 85.2 Å². The molecule has 6 nitrogen and oxygen atoms in total. The number of nitrogens with zero attached hydrogens (tertiary/aromatic N) is 1. The number of nitrogens with two attached hydrogens (primary N) is 1. The van der Waals surface area contributed by atoms with Gasteiger partial charge in [0.25, 0.3) is 5.69 Å². The van der Waals surface area contributed by atoms with Crippen LogP contribution in [-0.4, -0.2) is 10.0 Å². The predicted octanol–water partition coefficient (Wildman–Crippen LogP) is 0.755. The summed E-state index contributed by atoms with van der Waals surface area (Å²) in [7, 11) is 0. The summed E-state index contributed by atoms with van der Waals surface area (Å²) < 4.78 is 0. The zero-order valence-electron chi connectivity index (χ0n) is 7.06. The molecule has 0 aliphatic rings. The van der Waals surface area contributed by atoms with Crippen molar-refractivity contribution in [1.29, 1.82) is 0 Å². The quantitative estimate of drug-likeness (QED) is 0.290. The van der Waals surface area contributed by atoms with Gasteiger partial charge < -0.3 is 10.7 Å². The molecule has 0 spiro atoms. The second kappa shape index (κ2) is 4.49. The molecule has 1 rings (SSSR count). The first-order valence-corrected chi connectivity index (χ1v) is 4.07. The van der Waals surface area contributed by atoms with Crippen molar-refractivity contribution in [3.05, 3.63) is 34.4 Å². The van der Waals surface area contributed by atoms with Gasteiger partial charge in [0.05, 0.1) is 4.92 Å². The molecule has 0 saturated carbocycles. The molecule has 0 saturated heterocycles. The minimum Gasteiger partial charge on any atom is -0.326 e. The molecule has 0 atom stereocenters. The standard InChI is InChI=1S/C7H8N4O2S/c8-10-7(14)9-5-3-1-2-4-6(5)11(12)13/h1-4H,8H2,(H2,9,10,14). The number of anilines is 1. The SMILES string of the molecule is NNC(=S)Nc1ccccc1[N+](=O)[O-]. The van der Waals surface area contributed by atoms with Crippen LogP contribution >= 0.6 is 12.2 Å². The molecule has 4 N–H and O–H groups in total. The third-order valence-electron chi connectivity index (χ3n) is 1.48. The van der Waals surface area contributed by atoms with E-state index in [9.17, 15) is 10.1 Å². The summed E-state index contributed by atoms with van der Waals surface area (Å²) in [5.74, 6) is 5.02. The van der Waals surface area contributed by atoms with Gasteiger partial charge >= 0.3 is 0 Å². The van der Waals surface area contributed by atoms with Crippen molar-refractivity contribution in [2.45, 2.75) is 0 Å². The van der Waals surface area contributed by atoms with Crippen LogP contribution in [0, 0.1) is 10.1 Å². The molecule has 0 fully saturated rings. The van der Waals surface area contributed by atoms with Gasteiger partial charge in [-0.05, 0) is 18.3 Å². The lowest BCUT2D eigenvalue weighted by atomic mass is 10.3. The van der Waals surface area contributed by atoms with Gasteiger partial charge in [-0.3, -0.25) is 10.1 Å². The molecule has 0 aliphatic heterocycles. The van der Waals surface area contributed by atoms with E-state index in [1.807, 2.05) is 0 Å². The van der Waals surface area contributed by atoms with E-state index in [-0.39, 0.29) is 10.8 Å². The number of nitrogens with one attached hydrogen (secondary N) is 2. The molecule has 0 radical (unpaired) electrons. The molecule has 14 heavy (non-hydrogen) atoms. The van der Waals surface area contributed by atoms with E-state index >= 15 is 0 Å². The zero-order chi connectivity index (χ0) is 10.6. The molecule has 1 aromatic rings.